The molecule has 1 fully saturated rings. The third-order valence-corrected chi connectivity index (χ3v) is 10.1. The largest absolute Gasteiger partial charge is 1.00 e. The molecule has 6 aromatic carbocycles. The number of carbonyl (C=O) groups is 3. The number of urea groups is 1. The Kier molecular flexibility index (Phi) is 12.0. The average molecular weight is 723 g/mol. The number of ether oxygens (including phenoxy) is 1. The molecule has 3 atom stereocenters. The molecule has 1 aliphatic rings. The molecule has 8 nitrogen and oxygen atoms in total. The van der Waals surface area contributed by atoms with E-state index >= 15 is 0 Å². The molecule has 0 bridgehead atoms. The van der Waals surface area contributed by atoms with Crippen LogP contribution < -0.4 is 24.0 Å². The van der Waals surface area contributed by atoms with Crippen molar-refractivity contribution >= 4 is 18.0 Å². The van der Waals surface area contributed by atoms with Crippen molar-refractivity contribution in [3.8, 4) is 22.3 Å². The van der Waals surface area contributed by atoms with Gasteiger partial charge in [-0.15, -0.1) is 0 Å². The fourth-order valence-corrected chi connectivity index (χ4v) is 7.21. The quantitative estimate of drug-likeness (QED) is 0.152. The second-order valence-electron chi connectivity index (χ2n) is 13.5. The number of aliphatic carboxylic acids is 1. The standard InChI is InChI=1S/C46H40N2O6.Li/c1-32(54-44(51)42-41(43(49)50)47(30-33-14-6-2-7-15-33)45(52)48(42)31-34-16-8-3-9-17-34)46(53,39-26-22-37(23-27-39)35-18-10-4-11-19-35)40-28-24-38(25-29-40)36-20-12-5-13-21-36;/h2-29,32,41-42,53H,30-31H2,1H3,(H,49,50);/q;+1/p-1/t32-,41-,42+;/m0./s1. The topological polar surface area (TPSA) is 110 Å². The molecule has 0 saturated carbocycles. The Balaban J connectivity index is 0.00000514. The molecule has 0 spiro atoms. The summed E-state index contributed by atoms with van der Waals surface area (Å²) >= 11 is 0. The van der Waals surface area contributed by atoms with E-state index in [2.05, 4.69) is 0 Å². The minimum absolute atomic E-state index is 0. The summed E-state index contributed by atoms with van der Waals surface area (Å²) in [6.07, 6.45) is -1.24. The number of carboxylic acid groups (broad SMARTS) is 1. The van der Waals surface area contributed by atoms with Gasteiger partial charge in [-0.2, -0.15) is 0 Å². The summed E-state index contributed by atoms with van der Waals surface area (Å²) in [6.45, 7) is 1.46. The first-order valence-corrected chi connectivity index (χ1v) is 17.8. The van der Waals surface area contributed by atoms with Crippen LogP contribution in [0.4, 0.5) is 4.79 Å². The van der Waals surface area contributed by atoms with E-state index in [0.717, 1.165) is 27.2 Å². The minimum Gasteiger partial charge on any atom is -0.548 e. The van der Waals surface area contributed by atoms with Crippen molar-refractivity contribution in [3.05, 3.63) is 192 Å². The van der Waals surface area contributed by atoms with E-state index in [0.29, 0.717) is 22.3 Å². The Morgan fingerprint density at radius 2 is 0.945 bits per heavy atom. The van der Waals surface area contributed by atoms with Gasteiger partial charge in [-0.05, 0) is 51.4 Å². The van der Waals surface area contributed by atoms with Crippen LogP contribution in [0.3, 0.4) is 0 Å². The molecule has 0 aromatic heterocycles. The van der Waals surface area contributed by atoms with Crippen LogP contribution >= 0.6 is 0 Å². The Morgan fingerprint density at radius 1 is 0.600 bits per heavy atom. The second kappa shape index (κ2) is 17.0. The molecule has 55 heavy (non-hydrogen) atoms. The van der Waals surface area contributed by atoms with Crippen LogP contribution in [0, 0.1) is 0 Å². The van der Waals surface area contributed by atoms with E-state index in [9.17, 15) is 24.6 Å². The molecular formula is C46H39LiN2O6. The molecule has 2 amide bonds. The van der Waals surface area contributed by atoms with Crippen molar-refractivity contribution < 1.29 is 48.2 Å². The summed E-state index contributed by atoms with van der Waals surface area (Å²) in [6, 6.07) is 48.5. The predicted octanol–water partition coefficient (Wildman–Crippen LogP) is 3.82. The van der Waals surface area contributed by atoms with Crippen molar-refractivity contribution in [2.24, 2.45) is 0 Å². The Labute approximate surface area is 332 Å². The van der Waals surface area contributed by atoms with Gasteiger partial charge in [-0.1, -0.05) is 170 Å². The van der Waals surface area contributed by atoms with Gasteiger partial charge < -0.3 is 29.5 Å². The summed E-state index contributed by atoms with van der Waals surface area (Å²) < 4.78 is 6.13. The SMILES string of the molecule is C[C@H](OC(=O)[C@H]1[C@@H](C(=O)[O-])N(Cc2ccccc2)C(=O)N1Cc1ccccc1)C(O)(c1ccc(-c2ccccc2)cc1)c1ccc(-c2ccccc2)cc1.[Li+]. The summed E-state index contributed by atoms with van der Waals surface area (Å²) in [5, 5.41) is 25.7. The van der Waals surface area contributed by atoms with Crippen LogP contribution in [-0.4, -0.2) is 51.1 Å². The second-order valence-corrected chi connectivity index (χ2v) is 13.5. The number of carbonyl (C=O) groups excluding carboxylic acids is 3. The number of amides is 2. The monoisotopic (exact) mass is 722 g/mol. The maximum absolute atomic E-state index is 14.5. The molecule has 1 aliphatic heterocycles. The van der Waals surface area contributed by atoms with Gasteiger partial charge in [0.15, 0.2) is 11.6 Å². The summed E-state index contributed by atoms with van der Waals surface area (Å²) in [7, 11) is 0. The zero-order valence-corrected chi connectivity index (χ0v) is 30.7. The zero-order valence-electron chi connectivity index (χ0n) is 30.7. The first-order valence-electron chi connectivity index (χ1n) is 17.8. The van der Waals surface area contributed by atoms with Gasteiger partial charge >= 0.3 is 30.9 Å². The third-order valence-electron chi connectivity index (χ3n) is 10.1. The maximum Gasteiger partial charge on any atom is 1.00 e. The van der Waals surface area contributed by atoms with Crippen molar-refractivity contribution in [1.82, 2.24) is 9.80 Å². The van der Waals surface area contributed by atoms with Gasteiger partial charge in [0, 0.05) is 13.1 Å². The number of nitrogens with zero attached hydrogens (tertiary/aromatic N) is 2. The molecule has 9 heteroatoms. The van der Waals surface area contributed by atoms with Gasteiger partial charge in [0.2, 0.25) is 0 Å². The van der Waals surface area contributed by atoms with Crippen molar-refractivity contribution in [2.45, 2.75) is 43.8 Å². The number of benzene rings is 6. The minimum atomic E-state index is -1.88. The maximum atomic E-state index is 14.5. The predicted molar refractivity (Wildman–Crippen MR) is 204 cm³/mol. The number of carboxylic acids is 1. The van der Waals surface area contributed by atoms with Crippen LogP contribution in [0.15, 0.2) is 170 Å². The van der Waals surface area contributed by atoms with E-state index in [4.69, 9.17) is 4.74 Å². The number of rotatable bonds is 12. The molecule has 0 radical (unpaired) electrons. The first kappa shape index (κ1) is 38.8. The number of aliphatic hydroxyl groups is 1. The molecule has 0 unspecified atom stereocenters. The Bertz CT molecular complexity index is 2120. The number of hydrogen-bond acceptors (Lipinski definition) is 6. The normalized spacial score (nSPS) is 15.9. The van der Waals surface area contributed by atoms with Crippen molar-refractivity contribution in [3.63, 3.8) is 0 Å². The van der Waals surface area contributed by atoms with Gasteiger partial charge in [0.1, 0.15) is 12.1 Å². The van der Waals surface area contributed by atoms with Crippen LogP contribution in [0.2, 0.25) is 0 Å². The molecular weight excluding hydrogens is 683 g/mol. The van der Waals surface area contributed by atoms with Gasteiger partial charge in [0.25, 0.3) is 0 Å². The summed E-state index contributed by atoms with van der Waals surface area (Å²) in [4.78, 5) is 43.8. The van der Waals surface area contributed by atoms with Crippen LogP contribution in [0.1, 0.15) is 29.2 Å². The van der Waals surface area contributed by atoms with E-state index < -0.39 is 41.8 Å². The van der Waals surface area contributed by atoms with E-state index in [-0.39, 0.29) is 32.0 Å². The fourth-order valence-electron chi connectivity index (χ4n) is 7.21. The molecule has 1 saturated heterocycles. The van der Waals surface area contributed by atoms with Crippen LogP contribution in [0.5, 0.6) is 0 Å². The van der Waals surface area contributed by atoms with Crippen LogP contribution in [-0.2, 0) is 33.0 Å². The molecule has 0 aliphatic carbocycles. The van der Waals surface area contributed by atoms with Gasteiger partial charge in [0.05, 0.1) is 5.97 Å². The van der Waals surface area contributed by atoms with Crippen molar-refractivity contribution in [1.29, 1.82) is 0 Å². The van der Waals surface area contributed by atoms with E-state index in [1.807, 2.05) is 97.1 Å². The van der Waals surface area contributed by atoms with E-state index in [1.54, 1.807) is 79.7 Å². The molecule has 1 heterocycles. The van der Waals surface area contributed by atoms with Gasteiger partial charge in [-0.3, -0.25) is 0 Å². The zero-order chi connectivity index (χ0) is 37.7. The van der Waals surface area contributed by atoms with Crippen LogP contribution in [0.25, 0.3) is 22.3 Å². The number of esters is 1. The van der Waals surface area contributed by atoms with E-state index in [1.165, 1.54) is 4.90 Å². The summed E-state index contributed by atoms with van der Waals surface area (Å²) in [5.41, 5.74) is 4.28. The van der Waals surface area contributed by atoms with Crippen molar-refractivity contribution in [2.75, 3.05) is 0 Å². The molecule has 270 valence electrons. The third kappa shape index (κ3) is 8.13. The molecule has 6 aromatic rings. The number of hydrogen-bond donors (Lipinski definition) is 1. The molecule has 7 rings (SSSR count). The summed E-state index contributed by atoms with van der Waals surface area (Å²) in [5.74, 6) is -2.57. The Morgan fingerprint density at radius 3 is 1.33 bits per heavy atom. The fraction of sp³-hybridized carbons (Fsp3) is 0.152. The molecule has 1 N–H and O–H groups in total. The first-order chi connectivity index (χ1) is 26.2. The van der Waals surface area contributed by atoms with Gasteiger partial charge in [-0.25, -0.2) is 9.59 Å². The smallest absolute Gasteiger partial charge is 0.548 e. The average Bonchev–Trinajstić information content (AvgIpc) is 3.49. The Hall–Kier alpha value is -5.91.